The maximum atomic E-state index is 12.7. The average Bonchev–Trinajstić information content (AvgIpc) is 3.16. The Labute approximate surface area is 158 Å². The van der Waals surface area contributed by atoms with Crippen molar-refractivity contribution in [3.63, 3.8) is 0 Å². The zero-order valence-electron chi connectivity index (χ0n) is 15.9. The molecule has 2 atom stereocenters. The molecule has 2 aromatic rings. The van der Waals surface area contributed by atoms with Crippen molar-refractivity contribution in [3.05, 3.63) is 47.0 Å². The largest absolute Gasteiger partial charge is 0.507 e. The summed E-state index contributed by atoms with van der Waals surface area (Å²) in [4.78, 5) is 12.7. The fourth-order valence-electron chi connectivity index (χ4n) is 3.16. The number of carbonyl (C=O) groups is 1. The third-order valence-electron chi connectivity index (χ3n) is 4.99. The van der Waals surface area contributed by atoms with Crippen LogP contribution in [0, 0.1) is 13.8 Å². The molecule has 0 aromatic heterocycles. The van der Waals surface area contributed by atoms with Crippen LogP contribution >= 0.6 is 0 Å². The van der Waals surface area contributed by atoms with E-state index in [2.05, 4.69) is 16.2 Å². The summed E-state index contributed by atoms with van der Waals surface area (Å²) in [6.07, 6.45) is 0.514. The van der Waals surface area contributed by atoms with E-state index in [-0.39, 0.29) is 17.7 Å². The molecular weight excluding hydrogens is 346 g/mol. The number of nitrogens with one attached hydrogen (secondary N) is 3. The van der Waals surface area contributed by atoms with Gasteiger partial charge in [-0.05, 0) is 43.5 Å². The first-order chi connectivity index (χ1) is 12.9. The highest BCUT2D eigenvalue weighted by atomic mass is 16.5. The van der Waals surface area contributed by atoms with Gasteiger partial charge in [-0.2, -0.15) is 0 Å². The molecule has 0 aliphatic carbocycles. The minimum atomic E-state index is -0.442. The van der Waals surface area contributed by atoms with E-state index in [4.69, 9.17) is 9.47 Å². The van der Waals surface area contributed by atoms with Crippen LogP contribution in [-0.2, 0) is 4.79 Å². The highest BCUT2D eigenvalue weighted by molar-refractivity contribution is 5.96. The Bertz CT molecular complexity index is 853. The molecule has 1 aliphatic rings. The second-order valence-corrected chi connectivity index (χ2v) is 6.63. The van der Waals surface area contributed by atoms with Gasteiger partial charge in [0.25, 0.3) is 0 Å². The number of carbonyl (C=O) groups excluding carboxylic acids is 1. The number of phenolic OH excluding ortho intramolecular Hbond substituents is 1. The number of aryl methyl sites for hydroxylation is 1. The van der Waals surface area contributed by atoms with E-state index < -0.39 is 6.04 Å². The predicted octanol–water partition coefficient (Wildman–Crippen LogP) is 2.57. The van der Waals surface area contributed by atoms with Crippen LogP contribution in [0.2, 0.25) is 0 Å². The maximum Gasteiger partial charge on any atom is 0.243 e. The van der Waals surface area contributed by atoms with Crippen molar-refractivity contribution in [2.24, 2.45) is 0 Å². The molecule has 1 amide bonds. The molecule has 2 unspecified atom stereocenters. The van der Waals surface area contributed by atoms with E-state index in [1.807, 2.05) is 26.0 Å². The number of amides is 1. The third-order valence-corrected chi connectivity index (χ3v) is 4.99. The Morgan fingerprint density at radius 3 is 2.63 bits per heavy atom. The topological polar surface area (TPSA) is 91.9 Å². The van der Waals surface area contributed by atoms with Gasteiger partial charge < -0.3 is 19.9 Å². The van der Waals surface area contributed by atoms with Crippen LogP contribution < -0.4 is 25.6 Å². The molecule has 0 saturated carbocycles. The number of rotatable bonds is 5. The van der Waals surface area contributed by atoms with Gasteiger partial charge in [-0.15, -0.1) is 0 Å². The fraction of sp³-hybridized carbons (Fsp3) is 0.350. The molecule has 1 saturated heterocycles. The summed E-state index contributed by atoms with van der Waals surface area (Å²) in [7, 11) is 3.11. The van der Waals surface area contributed by atoms with E-state index in [1.165, 1.54) is 0 Å². The number of benzene rings is 2. The molecule has 1 aliphatic heterocycles. The van der Waals surface area contributed by atoms with Crippen molar-refractivity contribution in [2.75, 3.05) is 19.5 Å². The van der Waals surface area contributed by atoms with Crippen LogP contribution in [0.15, 0.2) is 30.3 Å². The smallest absolute Gasteiger partial charge is 0.243 e. The van der Waals surface area contributed by atoms with Crippen LogP contribution in [0.25, 0.3) is 0 Å². The zero-order chi connectivity index (χ0) is 19.6. The van der Waals surface area contributed by atoms with E-state index >= 15 is 0 Å². The van der Waals surface area contributed by atoms with Crippen molar-refractivity contribution in [1.29, 1.82) is 0 Å². The van der Waals surface area contributed by atoms with E-state index in [0.29, 0.717) is 23.6 Å². The highest BCUT2D eigenvalue weighted by Gasteiger charge is 2.32. The van der Waals surface area contributed by atoms with E-state index in [0.717, 1.165) is 16.7 Å². The van der Waals surface area contributed by atoms with Gasteiger partial charge in [-0.1, -0.05) is 12.1 Å². The molecule has 0 bridgehead atoms. The summed E-state index contributed by atoms with van der Waals surface area (Å²) in [5.74, 6) is 1.26. The number of hydrogen-bond donors (Lipinski definition) is 4. The number of methoxy groups -OCH3 is 2. The molecule has 2 aromatic carbocycles. The second-order valence-electron chi connectivity index (χ2n) is 6.63. The molecule has 1 heterocycles. The number of aromatic hydroxyl groups is 1. The van der Waals surface area contributed by atoms with Crippen LogP contribution in [-0.4, -0.2) is 31.3 Å². The monoisotopic (exact) mass is 371 g/mol. The molecule has 7 nitrogen and oxygen atoms in total. The van der Waals surface area contributed by atoms with Crippen LogP contribution in [0.4, 0.5) is 5.69 Å². The Morgan fingerprint density at radius 2 is 1.93 bits per heavy atom. The van der Waals surface area contributed by atoms with Gasteiger partial charge in [0.1, 0.15) is 23.3 Å². The normalized spacial score (nSPS) is 19.0. The summed E-state index contributed by atoms with van der Waals surface area (Å²) in [5, 5.41) is 13.3. The summed E-state index contributed by atoms with van der Waals surface area (Å²) >= 11 is 0. The summed E-state index contributed by atoms with van der Waals surface area (Å²) < 4.78 is 10.5. The molecule has 1 fully saturated rings. The minimum Gasteiger partial charge on any atom is -0.507 e. The van der Waals surface area contributed by atoms with Crippen molar-refractivity contribution < 1.29 is 19.4 Å². The number of ether oxygens (including phenoxy) is 2. The lowest BCUT2D eigenvalue weighted by atomic mass is 9.96. The molecule has 0 spiro atoms. The molecule has 4 N–H and O–H groups in total. The average molecular weight is 371 g/mol. The van der Waals surface area contributed by atoms with Gasteiger partial charge in [-0.3, -0.25) is 4.79 Å². The van der Waals surface area contributed by atoms with Crippen LogP contribution in [0.5, 0.6) is 17.2 Å². The zero-order valence-corrected chi connectivity index (χ0v) is 15.9. The number of hydrazine groups is 1. The molecule has 144 valence electrons. The second kappa shape index (κ2) is 7.85. The lowest BCUT2D eigenvalue weighted by molar-refractivity contribution is -0.117. The number of hydrogen-bond acceptors (Lipinski definition) is 6. The van der Waals surface area contributed by atoms with Crippen molar-refractivity contribution in [3.8, 4) is 17.2 Å². The Balaban J connectivity index is 1.71. The number of phenols is 1. The molecular formula is C20H25N3O4. The van der Waals surface area contributed by atoms with Gasteiger partial charge >= 0.3 is 0 Å². The standard InChI is InChI=1S/C20H25N3O4/c1-11-5-7-14(19(24)12(11)2)16-10-17(23-22-16)20(25)21-15-8-6-13(26-3)9-18(15)27-4/h5-9,16-17,22-24H,10H2,1-4H3,(H,21,25). The highest BCUT2D eigenvalue weighted by Crippen LogP contribution is 2.34. The van der Waals surface area contributed by atoms with Gasteiger partial charge in [0.2, 0.25) is 5.91 Å². The first kappa shape index (κ1) is 19.0. The predicted molar refractivity (Wildman–Crippen MR) is 103 cm³/mol. The minimum absolute atomic E-state index is 0.155. The Morgan fingerprint density at radius 1 is 1.15 bits per heavy atom. The van der Waals surface area contributed by atoms with Crippen molar-refractivity contribution >= 4 is 11.6 Å². The van der Waals surface area contributed by atoms with E-state index in [9.17, 15) is 9.90 Å². The van der Waals surface area contributed by atoms with Crippen LogP contribution in [0.1, 0.15) is 29.2 Å². The lowest BCUT2D eigenvalue weighted by Crippen LogP contribution is -2.39. The molecule has 0 radical (unpaired) electrons. The lowest BCUT2D eigenvalue weighted by Gasteiger charge is -2.15. The van der Waals surface area contributed by atoms with Gasteiger partial charge in [0.05, 0.1) is 25.9 Å². The summed E-state index contributed by atoms with van der Waals surface area (Å²) in [6.45, 7) is 3.84. The maximum absolute atomic E-state index is 12.7. The fourth-order valence-corrected chi connectivity index (χ4v) is 3.16. The first-order valence-electron chi connectivity index (χ1n) is 8.77. The van der Waals surface area contributed by atoms with Gasteiger partial charge in [-0.25, -0.2) is 10.9 Å². The SMILES string of the molecule is COc1ccc(NC(=O)C2CC(c3ccc(C)c(C)c3O)NN2)c(OC)c1. The van der Waals surface area contributed by atoms with Gasteiger partial charge in [0.15, 0.2) is 0 Å². The van der Waals surface area contributed by atoms with Crippen molar-refractivity contribution in [2.45, 2.75) is 32.4 Å². The van der Waals surface area contributed by atoms with Gasteiger partial charge in [0, 0.05) is 11.6 Å². The van der Waals surface area contributed by atoms with E-state index in [1.54, 1.807) is 32.4 Å². The Kier molecular flexibility index (Phi) is 5.53. The third kappa shape index (κ3) is 3.84. The molecule has 3 rings (SSSR count). The van der Waals surface area contributed by atoms with Crippen molar-refractivity contribution in [1.82, 2.24) is 10.9 Å². The number of anilines is 1. The first-order valence-corrected chi connectivity index (χ1v) is 8.77. The quantitative estimate of drug-likeness (QED) is 0.646. The molecule has 7 heteroatoms. The summed E-state index contributed by atoms with van der Waals surface area (Å²) in [5.41, 5.74) is 9.34. The van der Waals surface area contributed by atoms with Crippen LogP contribution in [0.3, 0.4) is 0 Å². The Hall–Kier alpha value is -2.77. The molecule has 27 heavy (non-hydrogen) atoms. The summed E-state index contributed by atoms with van der Waals surface area (Å²) in [6, 6.07) is 8.48.